The second-order valence-corrected chi connectivity index (χ2v) is 8.17. The van der Waals surface area contributed by atoms with E-state index in [-0.39, 0.29) is 11.9 Å². The van der Waals surface area contributed by atoms with Gasteiger partial charge in [0, 0.05) is 0 Å². The number of benzene rings is 3. The van der Waals surface area contributed by atoms with Crippen LogP contribution in [-0.2, 0) is 10.2 Å². The Hall–Kier alpha value is -3.33. The number of hydrogen-bond donors (Lipinski definition) is 0. The molecule has 0 aromatic heterocycles. The van der Waals surface area contributed by atoms with E-state index in [0.717, 1.165) is 28.4 Å². The Morgan fingerprint density at radius 3 is 2.23 bits per heavy atom. The summed E-state index contributed by atoms with van der Waals surface area (Å²) in [6, 6.07) is 25.5. The molecular formula is C28H30O3. The SMILES string of the molecule is CC(=O)C(C)(CC=Cc1cccc(Oc2ccccc2)c1)c1ccc(OC(C)C)cc1. The van der Waals surface area contributed by atoms with E-state index in [1.807, 2.05) is 106 Å². The Kier molecular flexibility index (Phi) is 7.30. The maximum atomic E-state index is 12.5. The second-order valence-electron chi connectivity index (χ2n) is 8.17. The van der Waals surface area contributed by atoms with Gasteiger partial charge in [-0.15, -0.1) is 0 Å². The summed E-state index contributed by atoms with van der Waals surface area (Å²) >= 11 is 0. The molecule has 3 heteroatoms. The van der Waals surface area contributed by atoms with Crippen molar-refractivity contribution in [3.05, 3.63) is 96.1 Å². The van der Waals surface area contributed by atoms with Crippen LogP contribution < -0.4 is 9.47 Å². The molecule has 0 saturated carbocycles. The maximum absolute atomic E-state index is 12.5. The molecule has 3 aromatic rings. The van der Waals surface area contributed by atoms with Gasteiger partial charge >= 0.3 is 0 Å². The lowest BCUT2D eigenvalue weighted by Gasteiger charge is -2.26. The van der Waals surface area contributed by atoms with Crippen LogP contribution in [0.4, 0.5) is 0 Å². The maximum Gasteiger partial charge on any atom is 0.140 e. The molecule has 3 aromatic carbocycles. The molecule has 0 heterocycles. The number of allylic oxidation sites excluding steroid dienone is 1. The van der Waals surface area contributed by atoms with E-state index < -0.39 is 5.41 Å². The van der Waals surface area contributed by atoms with Gasteiger partial charge in [-0.05, 0) is 81.6 Å². The molecule has 160 valence electrons. The van der Waals surface area contributed by atoms with Crippen molar-refractivity contribution in [2.24, 2.45) is 0 Å². The monoisotopic (exact) mass is 414 g/mol. The van der Waals surface area contributed by atoms with Crippen molar-refractivity contribution >= 4 is 11.9 Å². The van der Waals surface area contributed by atoms with Gasteiger partial charge in [0.2, 0.25) is 0 Å². The molecule has 31 heavy (non-hydrogen) atoms. The minimum Gasteiger partial charge on any atom is -0.491 e. The van der Waals surface area contributed by atoms with E-state index in [1.54, 1.807) is 6.92 Å². The molecule has 0 aliphatic carbocycles. The highest BCUT2D eigenvalue weighted by atomic mass is 16.5. The predicted molar refractivity (Wildman–Crippen MR) is 127 cm³/mol. The Morgan fingerprint density at radius 2 is 1.58 bits per heavy atom. The molecule has 0 radical (unpaired) electrons. The first kappa shape index (κ1) is 22.4. The van der Waals surface area contributed by atoms with Crippen LogP contribution in [-0.4, -0.2) is 11.9 Å². The Morgan fingerprint density at radius 1 is 0.903 bits per heavy atom. The highest BCUT2D eigenvalue weighted by Gasteiger charge is 2.30. The summed E-state index contributed by atoms with van der Waals surface area (Å²) in [6.45, 7) is 7.64. The number of ether oxygens (including phenoxy) is 2. The first-order chi connectivity index (χ1) is 14.9. The molecule has 0 aliphatic heterocycles. The number of hydrogen-bond acceptors (Lipinski definition) is 3. The number of carbonyl (C=O) groups is 1. The Labute approximate surface area is 185 Å². The van der Waals surface area contributed by atoms with E-state index in [2.05, 4.69) is 6.08 Å². The van der Waals surface area contributed by atoms with Crippen LogP contribution in [0, 0.1) is 0 Å². The summed E-state index contributed by atoms with van der Waals surface area (Å²) in [7, 11) is 0. The van der Waals surface area contributed by atoms with Crippen LogP contribution in [0.15, 0.2) is 84.9 Å². The average molecular weight is 415 g/mol. The van der Waals surface area contributed by atoms with Gasteiger partial charge in [-0.2, -0.15) is 0 Å². The van der Waals surface area contributed by atoms with Gasteiger partial charge in [0.15, 0.2) is 0 Å². The van der Waals surface area contributed by atoms with Crippen molar-refractivity contribution in [3.63, 3.8) is 0 Å². The van der Waals surface area contributed by atoms with Gasteiger partial charge in [0.05, 0.1) is 11.5 Å². The van der Waals surface area contributed by atoms with Crippen molar-refractivity contribution in [3.8, 4) is 17.2 Å². The number of carbonyl (C=O) groups excluding carboxylic acids is 1. The van der Waals surface area contributed by atoms with Crippen molar-refractivity contribution in [1.82, 2.24) is 0 Å². The highest BCUT2D eigenvalue weighted by molar-refractivity contribution is 5.88. The summed E-state index contributed by atoms with van der Waals surface area (Å²) in [5, 5.41) is 0. The van der Waals surface area contributed by atoms with E-state index in [1.165, 1.54) is 0 Å². The molecule has 1 atom stereocenters. The number of Topliss-reactive ketones (excluding diaryl/α,β-unsaturated/α-hetero) is 1. The lowest BCUT2D eigenvalue weighted by atomic mass is 9.76. The van der Waals surface area contributed by atoms with Crippen LogP contribution in [0.3, 0.4) is 0 Å². The molecule has 1 unspecified atom stereocenters. The number of para-hydroxylation sites is 1. The normalized spacial score (nSPS) is 13.2. The van der Waals surface area contributed by atoms with Gasteiger partial charge in [0.25, 0.3) is 0 Å². The third kappa shape index (κ3) is 6.08. The minimum absolute atomic E-state index is 0.120. The van der Waals surface area contributed by atoms with Crippen molar-refractivity contribution in [1.29, 1.82) is 0 Å². The van der Waals surface area contributed by atoms with Crippen molar-refractivity contribution in [2.75, 3.05) is 0 Å². The first-order valence-corrected chi connectivity index (χ1v) is 10.6. The largest absolute Gasteiger partial charge is 0.491 e. The average Bonchev–Trinajstić information content (AvgIpc) is 2.74. The highest BCUT2D eigenvalue weighted by Crippen LogP contribution is 2.31. The molecule has 3 rings (SSSR count). The fourth-order valence-electron chi connectivity index (χ4n) is 3.38. The Balaban J connectivity index is 1.72. The lowest BCUT2D eigenvalue weighted by molar-refractivity contribution is -0.121. The fourth-order valence-corrected chi connectivity index (χ4v) is 3.38. The quantitative estimate of drug-likeness (QED) is 0.371. The van der Waals surface area contributed by atoms with Gasteiger partial charge in [-0.3, -0.25) is 4.79 Å². The van der Waals surface area contributed by atoms with Crippen LogP contribution in [0.2, 0.25) is 0 Å². The number of ketones is 1. The standard InChI is InChI=1S/C28H30O3/c1-21(2)30-26-17-15-24(16-18-26)28(4,22(3)29)19-9-11-23-10-8-14-27(20-23)31-25-12-6-5-7-13-25/h5-18,20-21H,19H2,1-4H3. The zero-order valence-electron chi connectivity index (χ0n) is 18.7. The lowest BCUT2D eigenvalue weighted by Crippen LogP contribution is -2.29. The predicted octanol–water partition coefficient (Wildman–Crippen LogP) is 7.22. The minimum atomic E-state index is -0.592. The third-order valence-electron chi connectivity index (χ3n) is 5.31. The van der Waals surface area contributed by atoms with E-state index in [4.69, 9.17) is 9.47 Å². The summed E-state index contributed by atoms with van der Waals surface area (Å²) in [6.07, 6.45) is 4.82. The first-order valence-electron chi connectivity index (χ1n) is 10.6. The molecule has 0 bridgehead atoms. The summed E-state index contributed by atoms with van der Waals surface area (Å²) in [5.41, 5.74) is 1.42. The van der Waals surface area contributed by atoms with E-state index in [9.17, 15) is 4.79 Å². The van der Waals surface area contributed by atoms with Gasteiger partial charge in [-0.25, -0.2) is 0 Å². The van der Waals surface area contributed by atoms with Crippen LogP contribution in [0.1, 0.15) is 45.2 Å². The van der Waals surface area contributed by atoms with E-state index >= 15 is 0 Å². The van der Waals surface area contributed by atoms with Crippen LogP contribution in [0.5, 0.6) is 17.2 Å². The summed E-state index contributed by atoms with van der Waals surface area (Å²) < 4.78 is 11.6. The fraction of sp³-hybridized carbons (Fsp3) is 0.250. The Bertz CT molecular complexity index is 1020. The molecule has 0 aliphatic rings. The molecule has 0 saturated heterocycles. The number of rotatable bonds is 9. The van der Waals surface area contributed by atoms with E-state index in [0.29, 0.717) is 6.42 Å². The topological polar surface area (TPSA) is 35.5 Å². The summed E-state index contributed by atoms with van der Waals surface area (Å²) in [4.78, 5) is 12.5. The smallest absolute Gasteiger partial charge is 0.140 e. The molecular weight excluding hydrogens is 384 g/mol. The van der Waals surface area contributed by atoms with Gasteiger partial charge < -0.3 is 9.47 Å². The van der Waals surface area contributed by atoms with Crippen molar-refractivity contribution in [2.45, 2.75) is 45.6 Å². The molecule has 0 N–H and O–H groups in total. The van der Waals surface area contributed by atoms with Gasteiger partial charge in [-0.1, -0.05) is 54.6 Å². The second kappa shape index (κ2) is 10.1. The van der Waals surface area contributed by atoms with Crippen LogP contribution >= 0.6 is 0 Å². The molecule has 3 nitrogen and oxygen atoms in total. The molecule has 0 amide bonds. The molecule has 0 spiro atoms. The van der Waals surface area contributed by atoms with Crippen LogP contribution in [0.25, 0.3) is 6.08 Å². The van der Waals surface area contributed by atoms with Gasteiger partial charge in [0.1, 0.15) is 23.0 Å². The van der Waals surface area contributed by atoms with Crippen molar-refractivity contribution < 1.29 is 14.3 Å². The summed E-state index contributed by atoms with van der Waals surface area (Å²) in [5.74, 6) is 2.53. The zero-order valence-corrected chi connectivity index (χ0v) is 18.7. The third-order valence-corrected chi connectivity index (χ3v) is 5.31. The zero-order chi connectivity index (χ0) is 22.3. The molecule has 0 fully saturated rings.